The molecule has 1 fully saturated rings. The Bertz CT molecular complexity index is 767. The number of nitrogens with one attached hydrogen (secondary N) is 1. The van der Waals surface area contributed by atoms with Gasteiger partial charge < -0.3 is 10.4 Å². The zero-order chi connectivity index (χ0) is 21.6. The van der Waals surface area contributed by atoms with Crippen molar-refractivity contribution in [1.29, 1.82) is 0 Å². The van der Waals surface area contributed by atoms with Crippen molar-refractivity contribution in [2.75, 3.05) is 19.0 Å². The number of nitrogens with zero attached hydrogens (tertiary/aromatic N) is 1. The van der Waals surface area contributed by atoms with Crippen molar-refractivity contribution < 1.29 is 9.90 Å². The molecule has 1 saturated carbocycles. The smallest absolute Gasteiger partial charge is 0.153 e. The quantitative estimate of drug-likeness (QED) is 0.625. The summed E-state index contributed by atoms with van der Waals surface area (Å²) in [6, 6.07) is 6.18. The van der Waals surface area contributed by atoms with Crippen LogP contribution in [-0.4, -0.2) is 30.9 Å². The van der Waals surface area contributed by atoms with Crippen LogP contribution in [0.15, 0.2) is 52.6 Å². The number of hydrogen-bond donors (Lipinski definition) is 2. The number of carbonyl (C=O) groups excluding carboxylic acids is 1. The van der Waals surface area contributed by atoms with Gasteiger partial charge in [0.15, 0.2) is 6.29 Å². The molecule has 1 aliphatic heterocycles. The van der Waals surface area contributed by atoms with Crippen molar-refractivity contribution in [3.05, 3.63) is 58.7 Å². The highest BCUT2D eigenvalue weighted by atomic mass is 16.2. The molecule has 1 aromatic carbocycles. The molecular formula is C25H36N2O2. The largest absolute Gasteiger partial charge is 0.400 e. The minimum absolute atomic E-state index is 0.621. The minimum atomic E-state index is 0.621. The van der Waals surface area contributed by atoms with E-state index in [2.05, 4.69) is 55.4 Å². The Labute approximate surface area is 176 Å². The van der Waals surface area contributed by atoms with Gasteiger partial charge in [-0.3, -0.25) is 9.79 Å². The van der Waals surface area contributed by atoms with E-state index in [1.807, 2.05) is 25.1 Å². The number of aliphatic hydroxyl groups is 1. The number of unbranched alkanes of at least 4 members (excludes halogenated alkanes) is 1. The molecule has 1 aromatic rings. The average molecular weight is 397 g/mol. The number of benzene rings is 1. The molecule has 0 amide bonds. The zero-order valence-corrected chi connectivity index (χ0v) is 18.5. The number of aryl methyl sites for hydroxylation is 1. The first-order chi connectivity index (χ1) is 14.1. The third-order valence-corrected chi connectivity index (χ3v) is 4.74. The molecule has 29 heavy (non-hydrogen) atoms. The van der Waals surface area contributed by atoms with Gasteiger partial charge >= 0.3 is 0 Å². The van der Waals surface area contributed by atoms with Gasteiger partial charge in [0.1, 0.15) is 5.84 Å². The summed E-state index contributed by atoms with van der Waals surface area (Å²) >= 11 is 0. The Morgan fingerprint density at radius 2 is 1.90 bits per heavy atom. The fourth-order valence-electron chi connectivity index (χ4n) is 2.76. The molecule has 0 saturated heterocycles. The zero-order valence-electron chi connectivity index (χ0n) is 18.5. The predicted molar refractivity (Wildman–Crippen MR) is 125 cm³/mol. The summed E-state index contributed by atoms with van der Waals surface area (Å²) in [6.07, 6.45) is 14.2. The van der Waals surface area contributed by atoms with Gasteiger partial charge in [0, 0.05) is 12.8 Å². The van der Waals surface area contributed by atoms with Crippen molar-refractivity contribution in [2.24, 2.45) is 10.9 Å². The molecule has 0 aromatic heterocycles. The Kier molecular flexibility index (Phi) is 11.6. The van der Waals surface area contributed by atoms with Gasteiger partial charge in [-0.15, -0.1) is 0 Å². The van der Waals surface area contributed by atoms with Crippen LogP contribution in [0.1, 0.15) is 57.6 Å². The third kappa shape index (κ3) is 8.20. The molecule has 0 bridgehead atoms. The highest BCUT2D eigenvalue weighted by molar-refractivity contribution is 6.20. The number of aliphatic hydroxyl groups excluding tert-OH is 1. The van der Waals surface area contributed by atoms with Crippen molar-refractivity contribution in [1.82, 2.24) is 0 Å². The SMILES string of the molecule is C/C=C\c1cc(NC2=NCC=C(C3CC3)C=C2C=O)ccc1C.CCCC.CO. The molecule has 158 valence electrons. The Morgan fingerprint density at radius 1 is 1.21 bits per heavy atom. The van der Waals surface area contributed by atoms with Gasteiger partial charge in [0.05, 0.1) is 12.1 Å². The van der Waals surface area contributed by atoms with E-state index in [9.17, 15) is 4.79 Å². The summed E-state index contributed by atoms with van der Waals surface area (Å²) in [5, 5.41) is 10.3. The maximum Gasteiger partial charge on any atom is 0.153 e. The van der Waals surface area contributed by atoms with Crippen LogP contribution in [0.3, 0.4) is 0 Å². The molecule has 4 heteroatoms. The van der Waals surface area contributed by atoms with E-state index in [-0.39, 0.29) is 0 Å². The number of carbonyl (C=O) groups is 1. The van der Waals surface area contributed by atoms with E-state index in [1.165, 1.54) is 42.4 Å². The lowest BCUT2D eigenvalue weighted by atomic mass is 10.1. The molecular weight excluding hydrogens is 360 g/mol. The van der Waals surface area contributed by atoms with Crippen LogP contribution in [0.25, 0.3) is 6.08 Å². The van der Waals surface area contributed by atoms with Crippen LogP contribution < -0.4 is 5.32 Å². The first kappa shape index (κ1) is 24.6. The molecule has 4 nitrogen and oxygen atoms in total. The molecule has 1 heterocycles. The minimum Gasteiger partial charge on any atom is -0.400 e. The van der Waals surface area contributed by atoms with Crippen LogP contribution >= 0.6 is 0 Å². The number of allylic oxidation sites excluding steroid dienone is 3. The summed E-state index contributed by atoms with van der Waals surface area (Å²) in [4.78, 5) is 16.0. The lowest BCUT2D eigenvalue weighted by molar-refractivity contribution is -0.104. The van der Waals surface area contributed by atoms with E-state index >= 15 is 0 Å². The summed E-state index contributed by atoms with van der Waals surface area (Å²) < 4.78 is 0. The lowest BCUT2D eigenvalue weighted by Crippen LogP contribution is -2.16. The standard InChI is InChI=1S/C20H22N2O.C4H10.CH4O/c1-3-4-16-12-19(8-5-14(16)2)22-20-18(13-23)11-17(9-10-21-20)15-6-7-15;1-3-4-2;1-2/h3-5,8-9,11-13,15H,6-7,10H2,1-2H3,(H,21,22);3-4H2,1-2H3;2H,1H3/b4-3-;;. The first-order valence-corrected chi connectivity index (χ1v) is 10.5. The van der Waals surface area contributed by atoms with Crippen molar-refractivity contribution >= 4 is 23.9 Å². The monoisotopic (exact) mass is 396 g/mol. The number of hydrogen-bond acceptors (Lipinski definition) is 4. The molecule has 1 aliphatic carbocycles. The van der Waals surface area contributed by atoms with E-state index < -0.39 is 0 Å². The highest BCUT2D eigenvalue weighted by Crippen LogP contribution is 2.38. The molecule has 2 aliphatic rings. The Balaban J connectivity index is 0.000000627. The number of anilines is 1. The van der Waals surface area contributed by atoms with Gasteiger partial charge in [-0.2, -0.15) is 0 Å². The van der Waals surface area contributed by atoms with E-state index in [0.717, 1.165) is 19.1 Å². The Hall–Kier alpha value is -2.46. The van der Waals surface area contributed by atoms with Crippen LogP contribution in [-0.2, 0) is 4.79 Å². The fraction of sp³-hybridized carbons (Fsp3) is 0.440. The lowest BCUT2D eigenvalue weighted by Gasteiger charge is -2.11. The van der Waals surface area contributed by atoms with Crippen molar-refractivity contribution in [3.63, 3.8) is 0 Å². The van der Waals surface area contributed by atoms with Crippen LogP contribution in [0.2, 0.25) is 0 Å². The molecule has 0 atom stereocenters. The highest BCUT2D eigenvalue weighted by Gasteiger charge is 2.26. The Morgan fingerprint density at radius 3 is 2.45 bits per heavy atom. The number of amidine groups is 1. The molecule has 0 spiro atoms. The van der Waals surface area contributed by atoms with Gasteiger partial charge in [0.25, 0.3) is 0 Å². The number of aldehydes is 1. The summed E-state index contributed by atoms with van der Waals surface area (Å²) in [7, 11) is 1.00. The van der Waals surface area contributed by atoms with Crippen LogP contribution in [0, 0.1) is 12.8 Å². The first-order valence-electron chi connectivity index (χ1n) is 10.5. The summed E-state index contributed by atoms with van der Waals surface area (Å²) in [5.41, 5.74) is 5.23. The fourth-order valence-corrected chi connectivity index (χ4v) is 2.76. The number of rotatable bonds is 5. The maximum atomic E-state index is 11.5. The maximum absolute atomic E-state index is 11.5. The second-order valence-corrected chi connectivity index (χ2v) is 7.08. The normalized spacial score (nSPS) is 15.6. The average Bonchev–Trinajstić information content (AvgIpc) is 3.60. The van der Waals surface area contributed by atoms with Crippen molar-refractivity contribution in [3.8, 4) is 0 Å². The van der Waals surface area contributed by atoms with Crippen LogP contribution in [0.4, 0.5) is 5.69 Å². The van der Waals surface area contributed by atoms with Gasteiger partial charge in [-0.25, -0.2) is 0 Å². The molecule has 0 unspecified atom stereocenters. The van der Waals surface area contributed by atoms with Crippen molar-refractivity contribution in [2.45, 2.75) is 53.4 Å². The number of aliphatic imine (C=N–C) groups is 1. The summed E-state index contributed by atoms with van der Waals surface area (Å²) in [6.45, 7) is 9.08. The van der Waals surface area contributed by atoms with Gasteiger partial charge in [-0.05, 0) is 67.5 Å². The molecule has 0 radical (unpaired) electrons. The summed E-state index contributed by atoms with van der Waals surface area (Å²) in [5.74, 6) is 1.28. The van der Waals surface area contributed by atoms with Gasteiger partial charge in [0.2, 0.25) is 0 Å². The third-order valence-electron chi connectivity index (χ3n) is 4.74. The molecule has 3 rings (SSSR count). The van der Waals surface area contributed by atoms with Crippen LogP contribution in [0.5, 0.6) is 0 Å². The second kappa shape index (κ2) is 13.7. The second-order valence-electron chi connectivity index (χ2n) is 7.08. The predicted octanol–water partition coefficient (Wildman–Crippen LogP) is 5.73. The van der Waals surface area contributed by atoms with E-state index in [0.29, 0.717) is 23.9 Å². The topological polar surface area (TPSA) is 61.7 Å². The van der Waals surface area contributed by atoms with E-state index in [1.54, 1.807) is 0 Å². The molecule has 2 N–H and O–H groups in total. The van der Waals surface area contributed by atoms with E-state index in [4.69, 9.17) is 5.11 Å². The van der Waals surface area contributed by atoms with Gasteiger partial charge in [-0.1, -0.05) is 51.0 Å².